The molecule has 162 valence electrons. The number of pyridine rings is 1. The standard InChI is InChI=1S/C21H12ClFN4.C2H3I3/c22-20-17(13-4-2-1-3-5-13)10-15-12-24-19-11-18(26-27(19)21(15)25-20)14-6-8-16(23)9-7-14;1-2(3,4)5/h1-12H;1H3. The van der Waals surface area contributed by atoms with Gasteiger partial charge in [0.15, 0.2) is 11.3 Å². The third kappa shape index (κ3) is 5.86. The van der Waals surface area contributed by atoms with Crippen molar-refractivity contribution in [1.82, 2.24) is 19.6 Å². The Balaban J connectivity index is 0.000000444. The van der Waals surface area contributed by atoms with Crippen LogP contribution in [0.3, 0.4) is 0 Å². The second-order valence-electron chi connectivity index (χ2n) is 6.95. The third-order valence-electron chi connectivity index (χ3n) is 4.44. The Hall–Kier alpha value is -1.12. The summed E-state index contributed by atoms with van der Waals surface area (Å²) in [5, 5.41) is 5.83. The molecule has 0 spiro atoms. The van der Waals surface area contributed by atoms with E-state index in [-0.39, 0.29) is 5.82 Å². The van der Waals surface area contributed by atoms with Crippen LogP contribution in [0.5, 0.6) is 0 Å². The van der Waals surface area contributed by atoms with Gasteiger partial charge in [-0.15, -0.1) is 0 Å². The minimum Gasteiger partial charge on any atom is -0.236 e. The smallest absolute Gasteiger partial charge is 0.166 e. The molecule has 3 aromatic heterocycles. The summed E-state index contributed by atoms with van der Waals surface area (Å²) in [5.41, 5.74) is 4.61. The number of nitrogens with zero attached hydrogens (tertiary/aromatic N) is 4. The molecule has 0 amide bonds. The lowest BCUT2D eigenvalue weighted by atomic mass is 10.1. The van der Waals surface area contributed by atoms with E-state index in [9.17, 15) is 4.39 Å². The Kier molecular flexibility index (Phi) is 7.52. The molecule has 0 aliphatic rings. The monoisotopic (exact) mass is 782 g/mol. The zero-order valence-electron chi connectivity index (χ0n) is 16.6. The molecule has 0 unspecified atom stereocenters. The second kappa shape index (κ2) is 10.0. The van der Waals surface area contributed by atoms with Crippen LogP contribution in [0.25, 0.3) is 39.1 Å². The summed E-state index contributed by atoms with van der Waals surface area (Å²) in [7, 11) is 0. The molecule has 3 heterocycles. The SMILES string of the molecule is CC(I)(I)I.Fc1ccc(-c2cc3ncc4cc(-c5ccccc5)c(Cl)nc4n3n2)cc1. The minimum atomic E-state index is -0.284. The fraction of sp³-hybridized carbons (Fsp3) is 0.0870. The van der Waals surface area contributed by atoms with Crippen LogP contribution >= 0.6 is 79.4 Å². The molecule has 0 saturated carbocycles. The lowest BCUT2D eigenvalue weighted by molar-refractivity contribution is 0.628. The lowest BCUT2D eigenvalue weighted by Crippen LogP contribution is -1.97. The summed E-state index contributed by atoms with van der Waals surface area (Å²) in [6.07, 6.45) is 1.76. The number of halogens is 5. The first-order valence-corrected chi connectivity index (χ1v) is 13.0. The van der Waals surface area contributed by atoms with Crippen LogP contribution in [-0.4, -0.2) is 19.0 Å². The van der Waals surface area contributed by atoms with Gasteiger partial charge in [-0.2, -0.15) is 9.61 Å². The number of hydrogen-bond donors (Lipinski definition) is 0. The van der Waals surface area contributed by atoms with Crippen LogP contribution in [0.1, 0.15) is 6.92 Å². The summed E-state index contributed by atoms with van der Waals surface area (Å²) < 4.78 is 15.2. The maximum absolute atomic E-state index is 13.2. The van der Waals surface area contributed by atoms with E-state index in [1.165, 1.54) is 12.1 Å². The van der Waals surface area contributed by atoms with Crippen molar-refractivity contribution in [3.63, 3.8) is 0 Å². The highest BCUT2D eigenvalue weighted by molar-refractivity contribution is 14.3. The van der Waals surface area contributed by atoms with E-state index in [0.717, 1.165) is 22.1 Å². The van der Waals surface area contributed by atoms with E-state index in [1.807, 2.05) is 42.5 Å². The lowest BCUT2D eigenvalue weighted by Gasteiger charge is -2.07. The van der Waals surface area contributed by atoms with Crippen molar-refractivity contribution in [1.29, 1.82) is 0 Å². The number of fused-ring (bicyclic) bond motifs is 3. The normalized spacial score (nSPS) is 11.4. The van der Waals surface area contributed by atoms with Gasteiger partial charge in [-0.3, -0.25) is 0 Å². The number of rotatable bonds is 2. The fourth-order valence-corrected chi connectivity index (χ4v) is 3.34. The van der Waals surface area contributed by atoms with Crippen LogP contribution in [0, 0.1) is 5.82 Å². The van der Waals surface area contributed by atoms with Gasteiger partial charge in [-0.25, -0.2) is 14.4 Å². The van der Waals surface area contributed by atoms with Crippen molar-refractivity contribution in [2.75, 3.05) is 0 Å². The van der Waals surface area contributed by atoms with E-state index >= 15 is 0 Å². The van der Waals surface area contributed by atoms with Crippen molar-refractivity contribution >= 4 is 96.1 Å². The summed E-state index contributed by atoms with van der Waals surface area (Å²) >= 11 is 13.5. The maximum atomic E-state index is 13.2. The molecule has 0 aliphatic carbocycles. The van der Waals surface area contributed by atoms with E-state index < -0.39 is 0 Å². The fourth-order valence-electron chi connectivity index (χ4n) is 3.10. The van der Waals surface area contributed by atoms with Gasteiger partial charge in [0.2, 0.25) is 0 Å². The number of aromatic nitrogens is 4. The first-order chi connectivity index (χ1) is 15.2. The highest BCUT2D eigenvalue weighted by Crippen LogP contribution is 2.33. The Morgan fingerprint density at radius 1 is 0.938 bits per heavy atom. The van der Waals surface area contributed by atoms with Gasteiger partial charge >= 0.3 is 0 Å². The van der Waals surface area contributed by atoms with Crippen molar-refractivity contribution in [2.24, 2.45) is 0 Å². The van der Waals surface area contributed by atoms with Gasteiger partial charge in [0.05, 0.1) is 5.69 Å². The molecule has 0 fully saturated rings. The minimum absolute atomic E-state index is 0.284. The summed E-state index contributed by atoms with van der Waals surface area (Å²) in [5.74, 6) is -0.284. The van der Waals surface area contributed by atoms with Gasteiger partial charge in [-0.1, -0.05) is 110 Å². The molecule has 2 aromatic carbocycles. The molecule has 0 atom stereocenters. The van der Waals surface area contributed by atoms with E-state index in [4.69, 9.17) is 11.6 Å². The summed E-state index contributed by atoms with van der Waals surface area (Å²) in [4.78, 5) is 9.05. The molecule has 0 N–H and O–H groups in total. The van der Waals surface area contributed by atoms with Crippen LogP contribution in [0.2, 0.25) is 5.15 Å². The van der Waals surface area contributed by atoms with E-state index in [2.05, 4.69) is 89.8 Å². The molecule has 0 aliphatic heterocycles. The first-order valence-electron chi connectivity index (χ1n) is 9.42. The second-order valence-corrected chi connectivity index (χ2v) is 20.0. The van der Waals surface area contributed by atoms with Gasteiger partial charge in [0.25, 0.3) is 0 Å². The Bertz CT molecular complexity index is 1380. The van der Waals surface area contributed by atoms with Crippen LogP contribution in [-0.2, 0) is 0 Å². The molecule has 4 nitrogen and oxygen atoms in total. The summed E-state index contributed by atoms with van der Waals surface area (Å²) in [6, 6.07) is 19.8. The highest BCUT2D eigenvalue weighted by atomic mass is 127. The number of alkyl halides is 3. The summed E-state index contributed by atoms with van der Waals surface area (Å²) in [6.45, 7) is 2.15. The molecule has 9 heteroatoms. The topological polar surface area (TPSA) is 43.1 Å². The van der Waals surface area contributed by atoms with Crippen LogP contribution in [0.4, 0.5) is 4.39 Å². The van der Waals surface area contributed by atoms with Crippen LogP contribution < -0.4 is 0 Å². The molecule has 0 radical (unpaired) electrons. The van der Waals surface area contributed by atoms with Gasteiger partial charge < -0.3 is 0 Å². The van der Waals surface area contributed by atoms with Crippen molar-refractivity contribution in [3.05, 3.63) is 83.9 Å². The number of benzene rings is 2. The number of hydrogen-bond acceptors (Lipinski definition) is 3. The molecular weight excluding hydrogens is 767 g/mol. The Morgan fingerprint density at radius 3 is 2.25 bits per heavy atom. The van der Waals surface area contributed by atoms with Crippen LogP contribution in [0.15, 0.2) is 72.9 Å². The largest absolute Gasteiger partial charge is 0.236 e. The average Bonchev–Trinajstić information content (AvgIpc) is 3.18. The van der Waals surface area contributed by atoms with Gasteiger partial charge in [0.1, 0.15) is 10.4 Å². The molecule has 32 heavy (non-hydrogen) atoms. The molecule has 5 aromatic rings. The van der Waals surface area contributed by atoms with E-state index in [0.29, 0.717) is 21.6 Å². The zero-order chi connectivity index (χ0) is 22.9. The molecule has 5 rings (SSSR count). The van der Waals surface area contributed by atoms with Crippen molar-refractivity contribution in [3.8, 4) is 22.4 Å². The molecular formula is C23H15ClFI3N4. The molecule has 0 saturated heterocycles. The predicted octanol–water partition coefficient (Wildman–Crippen LogP) is 8.37. The van der Waals surface area contributed by atoms with Crippen molar-refractivity contribution < 1.29 is 4.39 Å². The highest BCUT2D eigenvalue weighted by Gasteiger charge is 2.13. The molecule has 0 bridgehead atoms. The van der Waals surface area contributed by atoms with E-state index in [1.54, 1.807) is 22.8 Å². The van der Waals surface area contributed by atoms with Gasteiger partial charge in [-0.05, 0) is 42.8 Å². The quantitative estimate of drug-likeness (QED) is 0.103. The average molecular weight is 783 g/mol. The Morgan fingerprint density at radius 2 is 1.59 bits per heavy atom. The first kappa shape index (κ1) is 24.0. The maximum Gasteiger partial charge on any atom is 0.166 e. The van der Waals surface area contributed by atoms with Gasteiger partial charge in [0, 0.05) is 28.8 Å². The van der Waals surface area contributed by atoms with Crippen molar-refractivity contribution in [2.45, 2.75) is 6.36 Å². The Labute approximate surface area is 230 Å². The predicted molar refractivity (Wildman–Crippen MR) is 155 cm³/mol. The zero-order valence-corrected chi connectivity index (χ0v) is 23.8. The third-order valence-corrected chi connectivity index (χ3v) is 4.72.